The maximum atomic E-state index is 11.5. The Balaban J connectivity index is 2.10. The fourth-order valence-corrected chi connectivity index (χ4v) is 1.49. The minimum Gasteiger partial charge on any atom is -0.376 e. The molecule has 17 heavy (non-hydrogen) atoms. The summed E-state index contributed by atoms with van der Waals surface area (Å²) in [6, 6.07) is 9.94. The van der Waals surface area contributed by atoms with Crippen molar-refractivity contribution < 1.29 is 9.53 Å². The van der Waals surface area contributed by atoms with E-state index in [1.807, 2.05) is 37.3 Å². The topological polar surface area (TPSA) is 52.3 Å². The fourth-order valence-electron chi connectivity index (χ4n) is 1.49. The molecule has 0 saturated carbocycles. The summed E-state index contributed by atoms with van der Waals surface area (Å²) in [6.07, 6.45) is 1.77. The second kappa shape index (κ2) is 7.98. The van der Waals surface area contributed by atoms with Crippen molar-refractivity contribution in [1.82, 2.24) is 0 Å². The van der Waals surface area contributed by atoms with E-state index in [1.165, 1.54) is 0 Å². The second-order valence-electron chi connectivity index (χ2n) is 4.20. The SMILES string of the molecule is CCC(N)CC(=O)CCOCc1ccccc1. The average molecular weight is 235 g/mol. The number of nitrogens with two attached hydrogens (primary N) is 1. The molecule has 1 aromatic rings. The summed E-state index contributed by atoms with van der Waals surface area (Å²) >= 11 is 0. The molecule has 1 aromatic carbocycles. The Hall–Kier alpha value is -1.19. The summed E-state index contributed by atoms with van der Waals surface area (Å²) in [6.45, 7) is 3.03. The molecule has 1 atom stereocenters. The van der Waals surface area contributed by atoms with E-state index in [4.69, 9.17) is 10.5 Å². The van der Waals surface area contributed by atoms with Gasteiger partial charge in [0, 0.05) is 18.9 Å². The van der Waals surface area contributed by atoms with Gasteiger partial charge in [-0.3, -0.25) is 4.79 Å². The number of hydrogen-bond acceptors (Lipinski definition) is 3. The molecule has 3 nitrogen and oxygen atoms in total. The normalized spacial score (nSPS) is 12.4. The van der Waals surface area contributed by atoms with Gasteiger partial charge in [-0.15, -0.1) is 0 Å². The summed E-state index contributed by atoms with van der Waals surface area (Å²) in [5.74, 6) is 0.187. The minimum absolute atomic E-state index is 0.00313. The number of hydrogen-bond donors (Lipinski definition) is 1. The van der Waals surface area contributed by atoms with Crippen molar-refractivity contribution in [1.29, 1.82) is 0 Å². The van der Waals surface area contributed by atoms with Crippen LogP contribution in [-0.4, -0.2) is 18.4 Å². The third-order valence-electron chi connectivity index (χ3n) is 2.65. The molecule has 0 bridgehead atoms. The van der Waals surface area contributed by atoms with Crippen molar-refractivity contribution in [2.45, 2.75) is 38.8 Å². The molecule has 0 amide bonds. The second-order valence-corrected chi connectivity index (χ2v) is 4.20. The van der Waals surface area contributed by atoms with E-state index in [2.05, 4.69) is 0 Å². The summed E-state index contributed by atoms with van der Waals surface area (Å²) in [5, 5.41) is 0. The van der Waals surface area contributed by atoms with Crippen LogP contribution in [0.1, 0.15) is 31.7 Å². The minimum atomic E-state index is -0.00313. The van der Waals surface area contributed by atoms with Gasteiger partial charge in [0.15, 0.2) is 0 Å². The molecule has 0 aromatic heterocycles. The van der Waals surface area contributed by atoms with E-state index in [0.717, 1.165) is 12.0 Å². The van der Waals surface area contributed by atoms with Gasteiger partial charge in [0.25, 0.3) is 0 Å². The van der Waals surface area contributed by atoms with Crippen LogP contribution in [-0.2, 0) is 16.1 Å². The molecule has 0 heterocycles. The predicted molar refractivity (Wildman–Crippen MR) is 68.6 cm³/mol. The molecule has 0 radical (unpaired) electrons. The first-order valence-corrected chi connectivity index (χ1v) is 6.11. The van der Waals surface area contributed by atoms with Gasteiger partial charge in [0.05, 0.1) is 13.2 Å². The molecule has 2 N–H and O–H groups in total. The standard InChI is InChI=1S/C14H21NO2/c1-2-13(15)10-14(16)8-9-17-11-12-6-4-3-5-7-12/h3-7,13H,2,8-11,15H2,1H3. The molecule has 0 aliphatic rings. The molecule has 0 aliphatic carbocycles. The lowest BCUT2D eigenvalue weighted by atomic mass is 10.1. The van der Waals surface area contributed by atoms with E-state index < -0.39 is 0 Å². The number of benzene rings is 1. The van der Waals surface area contributed by atoms with Crippen LogP contribution in [0, 0.1) is 0 Å². The van der Waals surface area contributed by atoms with E-state index in [9.17, 15) is 4.79 Å². The Bertz CT molecular complexity index is 324. The molecule has 0 aliphatic heterocycles. The van der Waals surface area contributed by atoms with Gasteiger partial charge in [-0.25, -0.2) is 0 Å². The van der Waals surface area contributed by atoms with Gasteiger partial charge in [0.2, 0.25) is 0 Å². The summed E-state index contributed by atoms with van der Waals surface area (Å²) in [4.78, 5) is 11.5. The lowest BCUT2D eigenvalue weighted by Crippen LogP contribution is -2.23. The van der Waals surface area contributed by atoms with Crippen molar-refractivity contribution in [3.63, 3.8) is 0 Å². The lowest BCUT2D eigenvalue weighted by molar-refractivity contribution is -0.120. The molecular weight excluding hydrogens is 214 g/mol. The number of carbonyl (C=O) groups is 1. The molecule has 3 heteroatoms. The number of ether oxygens (including phenoxy) is 1. The van der Waals surface area contributed by atoms with E-state index >= 15 is 0 Å². The quantitative estimate of drug-likeness (QED) is 0.703. The summed E-state index contributed by atoms with van der Waals surface area (Å²) in [5.41, 5.74) is 6.84. The zero-order chi connectivity index (χ0) is 12.5. The van der Waals surface area contributed by atoms with Crippen LogP contribution < -0.4 is 5.73 Å². The number of rotatable bonds is 8. The van der Waals surface area contributed by atoms with Crippen LogP contribution in [0.2, 0.25) is 0 Å². The Kier molecular flexibility index (Phi) is 6.51. The Morgan fingerprint density at radius 2 is 2.06 bits per heavy atom. The molecule has 94 valence electrons. The zero-order valence-corrected chi connectivity index (χ0v) is 10.4. The van der Waals surface area contributed by atoms with Crippen molar-refractivity contribution >= 4 is 5.78 Å². The first-order valence-electron chi connectivity index (χ1n) is 6.11. The highest BCUT2D eigenvalue weighted by atomic mass is 16.5. The van der Waals surface area contributed by atoms with E-state index in [0.29, 0.717) is 26.1 Å². The van der Waals surface area contributed by atoms with Crippen LogP contribution in [0.4, 0.5) is 0 Å². The summed E-state index contributed by atoms with van der Waals surface area (Å²) < 4.78 is 5.44. The van der Waals surface area contributed by atoms with Crippen molar-refractivity contribution in [2.75, 3.05) is 6.61 Å². The van der Waals surface area contributed by atoms with Crippen molar-refractivity contribution in [3.05, 3.63) is 35.9 Å². The molecule has 1 rings (SSSR count). The van der Waals surface area contributed by atoms with Crippen LogP contribution in [0.15, 0.2) is 30.3 Å². The third kappa shape index (κ3) is 6.19. The first-order chi connectivity index (χ1) is 8.22. The molecule has 1 unspecified atom stereocenters. The predicted octanol–water partition coefficient (Wildman–Crippen LogP) is 2.29. The van der Waals surface area contributed by atoms with Crippen LogP contribution in [0.5, 0.6) is 0 Å². The lowest BCUT2D eigenvalue weighted by Gasteiger charge is -2.07. The average Bonchev–Trinajstić information content (AvgIpc) is 2.36. The fraction of sp³-hybridized carbons (Fsp3) is 0.500. The van der Waals surface area contributed by atoms with Gasteiger partial charge in [-0.2, -0.15) is 0 Å². The Morgan fingerprint density at radius 1 is 1.35 bits per heavy atom. The van der Waals surface area contributed by atoms with Gasteiger partial charge < -0.3 is 10.5 Å². The van der Waals surface area contributed by atoms with Crippen molar-refractivity contribution in [3.8, 4) is 0 Å². The van der Waals surface area contributed by atoms with E-state index in [1.54, 1.807) is 0 Å². The number of ketones is 1. The van der Waals surface area contributed by atoms with Gasteiger partial charge in [-0.05, 0) is 12.0 Å². The van der Waals surface area contributed by atoms with Gasteiger partial charge >= 0.3 is 0 Å². The molecular formula is C14H21NO2. The smallest absolute Gasteiger partial charge is 0.136 e. The third-order valence-corrected chi connectivity index (χ3v) is 2.65. The maximum absolute atomic E-state index is 11.5. The van der Waals surface area contributed by atoms with E-state index in [-0.39, 0.29) is 11.8 Å². The highest BCUT2D eigenvalue weighted by molar-refractivity contribution is 5.79. The molecule has 0 spiro atoms. The van der Waals surface area contributed by atoms with Gasteiger partial charge in [0.1, 0.15) is 5.78 Å². The summed E-state index contributed by atoms with van der Waals surface area (Å²) in [7, 11) is 0. The maximum Gasteiger partial charge on any atom is 0.136 e. The number of Topliss-reactive ketones (excluding diaryl/α,β-unsaturated/α-hetero) is 1. The zero-order valence-electron chi connectivity index (χ0n) is 10.4. The van der Waals surface area contributed by atoms with Crippen LogP contribution in [0.25, 0.3) is 0 Å². The highest BCUT2D eigenvalue weighted by Crippen LogP contribution is 2.02. The molecule has 0 fully saturated rings. The van der Waals surface area contributed by atoms with Crippen LogP contribution >= 0.6 is 0 Å². The largest absolute Gasteiger partial charge is 0.376 e. The molecule has 0 saturated heterocycles. The van der Waals surface area contributed by atoms with Gasteiger partial charge in [-0.1, -0.05) is 37.3 Å². The highest BCUT2D eigenvalue weighted by Gasteiger charge is 2.07. The monoisotopic (exact) mass is 235 g/mol. The van der Waals surface area contributed by atoms with Crippen molar-refractivity contribution in [2.24, 2.45) is 5.73 Å². The Labute approximate surface area is 103 Å². The first kappa shape index (κ1) is 13.9. The Morgan fingerprint density at radius 3 is 2.71 bits per heavy atom. The number of carbonyl (C=O) groups excluding carboxylic acids is 1. The van der Waals surface area contributed by atoms with Crippen LogP contribution in [0.3, 0.4) is 0 Å².